The molecule has 3 N–H and O–H groups in total. The Bertz CT molecular complexity index is 507. The standard InChI is InChI=1S/C9H9ClN4OS/c10-7-3-12-14(5-7)4-6-1-2-16-8(6)9(15)13-11/h1-3,5H,4,11H2,(H,13,15). The lowest BCUT2D eigenvalue weighted by molar-refractivity contribution is 0.0956. The van der Waals surface area contributed by atoms with Gasteiger partial charge in [-0.05, 0) is 17.0 Å². The van der Waals surface area contributed by atoms with Crippen LogP contribution in [0.2, 0.25) is 5.02 Å². The van der Waals surface area contributed by atoms with Gasteiger partial charge in [-0.3, -0.25) is 14.9 Å². The SMILES string of the molecule is NNC(=O)c1sccc1Cn1cc(Cl)cn1. The number of nitrogens with two attached hydrogens (primary N) is 1. The molecule has 0 saturated carbocycles. The summed E-state index contributed by atoms with van der Waals surface area (Å²) in [7, 11) is 0. The first kappa shape index (κ1) is 11.1. The number of halogens is 1. The predicted octanol–water partition coefficient (Wildman–Crippen LogP) is 1.25. The fourth-order valence-corrected chi connectivity index (χ4v) is 2.30. The van der Waals surface area contributed by atoms with Crippen LogP contribution in [0.25, 0.3) is 0 Å². The predicted molar refractivity (Wildman–Crippen MR) is 62.3 cm³/mol. The molecule has 0 fully saturated rings. The minimum absolute atomic E-state index is 0.289. The molecule has 0 atom stereocenters. The Balaban J connectivity index is 2.22. The fourth-order valence-electron chi connectivity index (χ4n) is 1.32. The van der Waals surface area contributed by atoms with Crippen LogP contribution in [-0.4, -0.2) is 15.7 Å². The van der Waals surface area contributed by atoms with Crippen molar-refractivity contribution in [2.45, 2.75) is 6.54 Å². The van der Waals surface area contributed by atoms with Crippen LogP contribution in [0.5, 0.6) is 0 Å². The number of nitrogen functional groups attached to an aromatic ring is 1. The van der Waals surface area contributed by atoms with Crippen LogP contribution in [0.3, 0.4) is 0 Å². The second-order valence-corrected chi connectivity index (χ2v) is 4.46. The molecule has 2 heterocycles. The van der Waals surface area contributed by atoms with Crippen molar-refractivity contribution >= 4 is 28.8 Å². The van der Waals surface area contributed by atoms with E-state index in [1.807, 2.05) is 11.4 Å². The van der Waals surface area contributed by atoms with Crippen molar-refractivity contribution in [3.63, 3.8) is 0 Å². The molecule has 2 aromatic heterocycles. The number of hydrogen-bond donors (Lipinski definition) is 2. The van der Waals surface area contributed by atoms with Crippen molar-refractivity contribution in [1.82, 2.24) is 15.2 Å². The van der Waals surface area contributed by atoms with Crippen LogP contribution >= 0.6 is 22.9 Å². The molecule has 7 heteroatoms. The summed E-state index contributed by atoms with van der Waals surface area (Å²) < 4.78 is 1.66. The van der Waals surface area contributed by atoms with Gasteiger partial charge < -0.3 is 0 Å². The Morgan fingerprint density at radius 3 is 3.12 bits per heavy atom. The third kappa shape index (κ3) is 2.24. The van der Waals surface area contributed by atoms with Gasteiger partial charge in [0.15, 0.2) is 0 Å². The summed E-state index contributed by atoms with van der Waals surface area (Å²) in [5, 5.41) is 6.45. The minimum atomic E-state index is -0.289. The van der Waals surface area contributed by atoms with E-state index in [9.17, 15) is 4.79 Å². The van der Waals surface area contributed by atoms with Gasteiger partial charge in [-0.25, -0.2) is 5.84 Å². The summed E-state index contributed by atoms with van der Waals surface area (Å²) in [5.41, 5.74) is 2.98. The lowest BCUT2D eigenvalue weighted by Crippen LogP contribution is -2.30. The summed E-state index contributed by atoms with van der Waals surface area (Å²) in [6, 6.07) is 1.87. The van der Waals surface area contributed by atoms with Gasteiger partial charge in [-0.1, -0.05) is 11.6 Å². The number of nitrogens with one attached hydrogen (secondary N) is 1. The molecule has 1 amide bonds. The number of carbonyl (C=O) groups excluding carboxylic acids is 1. The van der Waals surface area contributed by atoms with Crippen molar-refractivity contribution in [1.29, 1.82) is 0 Å². The second kappa shape index (κ2) is 4.65. The highest BCUT2D eigenvalue weighted by Crippen LogP contribution is 2.18. The van der Waals surface area contributed by atoms with Gasteiger partial charge >= 0.3 is 0 Å². The van der Waals surface area contributed by atoms with Gasteiger partial charge in [0.1, 0.15) is 0 Å². The van der Waals surface area contributed by atoms with Crippen molar-refractivity contribution in [3.05, 3.63) is 39.3 Å². The summed E-state index contributed by atoms with van der Waals surface area (Å²) in [6.45, 7) is 0.499. The van der Waals surface area contributed by atoms with E-state index in [2.05, 4.69) is 10.5 Å². The van der Waals surface area contributed by atoms with Crippen LogP contribution in [0, 0.1) is 0 Å². The molecular weight excluding hydrogens is 248 g/mol. The van der Waals surface area contributed by atoms with Crippen LogP contribution in [0.4, 0.5) is 0 Å². The lowest BCUT2D eigenvalue weighted by atomic mass is 10.2. The molecule has 0 aromatic carbocycles. The zero-order chi connectivity index (χ0) is 11.5. The number of amides is 1. The Morgan fingerprint density at radius 2 is 2.50 bits per heavy atom. The molecule has 16 heavy (non-hydrogen) atoms. The normalized spacial score (nSPS) is 10.4. The van der Waals surface area contributed by atoms with Crippen LogP contribution < -0.4 is 11.3 Å². The molecule has 84 valence electrons. The van der Waals surface area contributed by atoms with E-state index in [1.54, 1.807) is 17.1 Å². The molecule has 2 aromatic rings. The first-order valence-corrected chi connectivity index (χ1v) is 5.71. The van der Waals surface area contributed by atoms with Gasteiger partial charge in [0.2, 0.25) is 0 Å². The van der Waals surface area contributed by atoms with Crippen molar-refractivity contribution < 1.29 is 4.79 Å². The molecule has 2 rings (SSSR count). The molecule has 0 aliphatic rings. The van der Waals surface area contributed by atoms with E-state index in [1.165, 1.54) is 11.3 Å². The first-order valence-electron chi connectivity index (χ1n) is 4.46. The van der Waals surface area contributed by atoms with Gasteiger partial charge in [0.25, 0.3) is 5.91 Å². The number of aromatic nitrogens is 2. The molecule has 0 aliphatic heterocycles. The van der Waals surface area contributed by atoms with E-state index in [4.69, 9.17) is 17.4 Å². The maximum Gasteiger partial charge on any atom is 0.275 e. The minimum Gasteiger partial charge on any atom is -0.289 e. The molecule has 0 aliphatic carbocycles. The summed E-state index contributed by atoms with van der Waals surface area (Å²) >= 11 is 7.09. The van der Waals surface area contributed by atoms with E-state index in [0.29, 0.717) is 16.4 Å². The Labute approximate surface area is 101 Å². The zero-order valence-corrected chi connectivity index (χ0v) is 9.76. The summed E-state index contributed by atoms with van der Waals surface area (Å²) in [5.74, 6) is 4.80. The maximum atomic E-state index is 11.4. The quantitative estimate of drug-likeness (QED) is 0.493. The van der Waals surface area contributed by atoms with E-state index in [-0.39, 0.29) is 5.91 Å². The monoisotopic (exact) mass is 256 g/mol. The molecule has 0 saturated heterocycles. The van der Waals surface area contributed by atoms with Gasteiger partial charge in [0.05, 0.1) is 22.6 Å². The number of hydrogen-bond acceptors (Lipinski definition) is 4. The van der Waals surface area contributed by atoms with Crippen molar-refractivity contribution in [2.75, 3.05) is 0 Å². The Hall–Kier alpha value is -1.37. The molecule has 0 unspecified atom stereocenters. The first-order chi connectivity index (χ1) is 7.70. The Kier molecular flexibility index (Phi) is 3.23. The number of rotatable bonds is 3. The van der Waals surface area contributed by atoms with Crippen molar-refractivity contribution in [3.8, 4) is 0 Å². The number of thiophene rings is 1. The molecule has 0 spiro atoms. The van der Waals surface area contributed by atoms with Gasteiger partial charge in [0, 0.05) is 6.20 Å². The van der Waals surface area contributed by atoms with Crippen LogP contribution in [0.1, 0.15) is 15.2 Å². The van der Waals surface area contributed by atoms with E-state index < -0.39 is 0 Å². The average molecular weight is 257 g/mol. The number of hydrazine groups is 1. The van der Waals surface area contributed by atoms with Crippen molar-refractivity contribution in [2.24, 2.45) is 5.84 Å². The molecular formula is C9H9ClN4OS. The molecule has 5 nitrogen and oxygen atoms in total. The largest absolute Gasteiger partial charge is 0.289 e. The summed E-state index contributed by atoms with van der Waals surface area (Å²) in [6.07, 6.45) is 3.25. The zero-order valence-electron chi connectivity index (χ0n) is 8.18. The highest BCUT2D eigenvalue weighted by molar-refractivity contribution is 7.12. The summed E-state index contributed by atoms with van der Waals surface area (Å²) in [4.78, 5) is 12.0. The third-order valence-electron chi connectivity index (χ3n) is 2.02. The number of carbonyl (C=O) groups is 1. The molecule has 0 bridgehead atoms. The Morgan fingerprint density at radius 1 is 1.69 bits per heavy atom. The maximum absolute atomic E-state index is 11.4. The smallest absolute Gasteiger partial charge is 0.275 e. The second-order valence-electron chi connectivity index (χ2n) is 3.10. The highest BCUT2D eigenvalue weighted by atomic mass is 35.5. The topological polar surface area (TPSA) is 72.9 Å². The number of nitrogens with zero attached hydrogens (tertiary/aromatic N) is 2. The third-order valence-corrected chi connectivity index (χ3v) is 3.17. The van der Waals surface area contributed by atoms with Crippen LogP contribution in [-0.2, 0) is 6.54 Å². The van der Waals surface area contributed by atoms with E-state index >= 15 is 0 Å². The lowest BCUT2D eigenvalue weighted by Gasteiger charge is -2.02. The average Bonchev–Trinajstić information content (AvgIpc) is 2.87. The van der Waals surface area contributed by atoms with Gasteiger partial charge in [-0.15, -0.1) is 11.3 Å². The molecule has 0 radical (unpaired) electrons. The highest BCUT2D eigenvalue weighted by Gasteiger charge is 2.12. The fraction of sp³-hybridized carbons (Fsp3) is 0.111. The van der Waals surface area contributed by atoms with Crippen LogP contribution in [0.15, 0.2) is 23.8 Å². The van der Waals surface area contributed by atoms with E-state index in [0.717, 1.165) is 5.56 Å². The van der Waals surface area contributed by atoms with Gasteiger partial charge in [-0.2, -0.15) is 5.10 Å².